The number of carbonyl (C=O) groups excluding carboxylic acids is 1. The van der Waals surface area contributed by atoms with Gasteiger partial charge in [0.05, 0.1) is 13.2 Å². The van der Waals surface area contributed by atoms with Gasteiger partial charge in [-0.2, -0.15) is 0 Å². The molecule has 2 aromatic rings. The van der Waals surface area contributed by atoms with Gasteiger partial charge in [-0.05, 0) is 68.0 Å². The van der Waals surface area contributed by atoms with Gasteiger partial charge in [-0.25, -0.2) is 0 Å². The molecule has 0 amide bonds. The Morgan fingerprint density at radius 2 is 1.21 bits per heavy atom. The second kappa shape index (κ2) is 8.58. The van der Waals surface area contributed by atoms with E-state index in [1.165, 1.54) is 0 Å². The Morgan fingerprint density at radius 1 is 0.793 bits per heavy atom. The molecule has 4 atom stereocenters. The normalized spacial score (nSPS) is 28.8. The van der Waals surface area contributed by atoms with Crippen LogP contribution in [-0.2, 0) is 4.79 Å². The lowest BCUT2D eigenvalue weighted by molar-refractivity contribution is -0.136. The van der Waals surface area contributed by atoms with Crippen molar-refractivity contribution in [1.29, 1.82) is 0 Å². The lowest BCUT2D eigenvalue weighted by Gasteiger charge is -2.47. The van der Waals surface area contributed by atoms with E-state index in [4.69, 9.17) is 9.47 Å². The SMILES string of the molecule is CCOc1ccc(C2NC(c3ccc(OCC)cc3)C3CC(C)CC2C3=O)cc1. The molecule has 4 unspecified atom stereocenters. The first-order valence-electron chi connectivity index (χ1n) is 10.9. The molecule has 1 N–H and O–H groups in total. The zero-order valence-corrected chi connectivity index (χ0v) is 17.6. The minimum absolute atomic E-state index is 0.0359. The van der Waals surface area contributed by atoms with E-state index in [2.05, 4.69) is 36.5 Å². The summed E-state index contributed by atoms with van der Waals surface area (Å²) in [6.45, 7) is 7.56. The van der Waals surface area contributed by atoms with Crippen molar-refractivity contribution < 1.29 is 14.3 Å². The van der Waals surface area contributed by atoms with Crippen LogP contribution in [-0.4, -0.2) is 19.0 Å². The highest BCUT2D eigenvalue weighted by Gasteiger charge is 2.48. The molecule has 2 aliphatic rings. The van der Waals surface area contributed by atoms with Gasteiger partial charge in [0.2, 0.25) is 0 Å². The molecule has 4 nitrogen and oxygen atoms in total. The molecule has 154 valence electrons. The third kappa shape index (κ3) is 4.04. The largest absolute Gasteiger partial charge is 0.494 e. The van der Waals surface area contributed by atoms with E-state index in [0.717, 1.165) is 35.5 Å². The van der Waals surface area contributed by atoms with Crippen LogP contribution in [0.5, 0.6) is 11.5 Å². The van der Waals surface area contributed by atoms with Crippen molar-refractivity contribution in [3.63, 3.8) is 0 Å². The molecule has 1 aliphatic heterocycles. The zero-order valence-electron chi connectivity index (χ0n) is 17.6. The van der Waals surface area contributed by atoms with Crippen molar-refractivity contribution in [1.82, 2.24) is 5.32 Å². The fourth-order valence-corrected chi connectivity index (χ4v) is 5.03. The van der Waals surface area contributed by atoms with Crippen LogP contribution in [0, 0.1) is 17.8 Å². The summed E-state index contributed by atoms with van der Waals surface area (Å²) in [6, 6.07) is 16.5. The summed E-state index contributed by atoms with van der Waals surface area (Å²) < 4.78 is 11.2. The monoisotopic (exact) mass is 393 g/mol. The molecule has 4 heteroatoms. The van der Waals surface area contributed by atoms with Crippen LogP contribution in [0.3, 0.4) is 0 Å². The lowest BCUT2D eigenvalue weighted by Crippen LogP contribution is -2.52. The minimum atomic E-state index is 0.0359. The Morgan fingerprint density at radius 3 is 1.59 bits per heavy atom. The van der Waals surface area contributed by atoms with Gasteiger partial charge in [-0.1, -0.05) is 31.2 Å². The number of ether oxygens (including phenoxy) is 2. The first-order chi connectivity index (χ1) is 14.1. The fourth-order valence-electron chi connectivity index (χ4n) is 5.03. The zero-order chi connectivity index (χ0) is 20.4. The summed E-state index contributed by atoms with van der Waals surface area (Å²) in [5, 5.41) is 3.84. The number of hydrogen-bond acceptors (Lipinski definition) is 4. The Bertz CT molecular complexity index is 763. The first kappa shape index (κ1) is 20.0. The van der Waals surface area contributed by atoms with E-state index < -0.39 is 0 Å². The summed E-state index contributed by atoms with van der Waals surface area (Å²) in [6.07, 6.45) is 1.91. The Balaban J connectivity index is 1.64. The third-order valence-electron chi connectivity index (χ3n) is 6.31. The van der Waals surface area contributed by atoms with Gasteiger partial charge < -0.3 is 14.8 Å². The van der Waals surface area contributed by atoms with E-state index in [-0.39, 0.29) is 23.9 Å². The maximum Gasteiger partial charge on any atom is 0.142 e. The number of rotatable bonds is 6. The van der Waals surface area contributed by atoms with E-state index in [1.807, 2.05) is 38.1 Å². The summed E-state index contributed by atoms with van der Waals surface area (Å²) in [4.78, 5) is 13.4. The Kier molecular flexibility index (Phi) is 5.91. The molecular weight excluding hydrogens is 362 g/mol. The second-order valence-electron chi connectivity index (χ2n) is 8.32. The highest BCUT2D eigenvalue weighted by atomic mass is 16.5. The Labute approximate surface area is 173 Å². The minimum Gasteiger partial charge on any atom is -0.494 e. The smallest absolute Gasteiger partial charge is 0.142 e. The molecule has 0 spiro atoms. The number of carbonyl (C=O) groups is 1. The van der Waals surface area contributed by atoms with Crippen LogP contribution in [0.4, 0.5) is 0 Å². The molecule has 2 bridgehead atoms. The molecule has 29 heavy (non-hydrogen) atoms. The Hall–Kier alpha value is -2.33. The van der Waals surface area contributed by atoms with Gasteiger partial charge >= 0.3 is 0 Å². The first-order valence-corrected chi connectivity index (χ1v) is 10.9. The molecule has 1 heterocycles. The van der Waals surface area contributed by atoms with Crippen molar-refractivity contribution in [3.8, 4) is 11.5 Å². The van der Waals surface area contributed by atoms with Crippen molar-refractivity contribution in [2.75, 3.05) is 13.2 Å². The maximum absolute atomic E-state index is 13.4. The van der Waals surface area contributed by atoms with Gasteiger partial charge in [-0.15, -0.1) is 0 Å². The molecule has 0 radical (unpaired) electrons. The van der Waals surface area contributed by atoms with Crippen molar-refractivity contribution >= 4 is 5.78 Å². The van der Waals surface area contributed by atoms with Gasteiger partial charge in [0, 0.05) is 23.9 Å². The molecule has 1 saturated carbocycles. The summed E-state index contributed by atoms with van der Waals surface area (Å²) >= 11 is 0. The average molecular weight is 394 g/mol. The summed E-state index contributed by atoms with van der Waals surface area (Å²) in [5.74, 6) is 2.80. The third-order valence-corrected chi connectivity index (χ3v) is 6.31. The van der Waals surface area contributed by atoms with Gasteiger partial charge in [0.1, 0.15) is 17.3 Å². The predicted octanol–water partition coefficient (Wildman–Crippen LogP) is 5.10. The molecular formula is C25H31NO3. The topological polar surface area (TPSA) is 47.6 Å². The van der Waals surface area contributed by atoms with Crippen molar-refractivity contribution in [2.24, 2.45) is 17.8 Å². The van der Waals surface area contributed by atoms with Gasteiger partial charge in [0.15, 0.2) is 0 Å². The number of hydrogen-bond donors (Lipinski definition) is 1. The van der Waals surface area contributed by atoms with Crippen LogP contribution in [0.25, 0.3) is 0 Å². The highest BCUT2D eigenvalue weighted by Crippen LogP contribution is 2.47. The number of benzene rings is 2. The van der Waals surface area contributed by atoms with Crippen LogP contribution in [0.1, 0.15) is 56.8 Å². The number of fused-ring (bicyclic) bond motifs is 2. The van der Waals surface area contributed by atoms with E-state index in [1.54, 1.807) is 0 Å². The van der Waals surface area contributed by atoms with Crippen LogP contribution in [0.2, 0.25) is 0 Å². The number of nitrogens with one attached hydrogen (secondary N) is 1. The summed E-state index contributed by atoms with van der Waals surface area (Å²) in [5.41, 5.74) is 2.32. The van der Waals surface area contributed by atoms with Gasteiger partial charge in [0.25, 0.3) is 0 Å². The molecule has 1 saturated heterocycles. The number of piperidine rings is 1. The molecule has 0 aromatic heterocycles. The van der Waals surface area contributed by atoms with Crippen LogP contribution in [0.15, 0.2) is 48.5 Å². The lowest BCUT2D eigenvalue weighted by atomic mass is 9.64. The summed E-state index contributed by atoms with van der Waals surface area (Å²) in [7, 11) is 0. The number of ketones is 1. The molecule has 2 aromatic carbocycles. The predicted molar refractivity (Wildman–Crippen MR) is 114 cm³/mol. The number of Topliss-reactive ketones (excluding diaryl/α,β-unsaturated/α-hetero) is 1. The van der Waals surface area contributed by atoms with Crippen molar-refractivity contribution in [3.05, 3.63) is 59.7 Å². The highest BCUT2D eigenvalue weighted by molar-refractivity contribution is 5.87. The van der Waals surface area contributed by atoms with E-state index in [0.29, 0.717) is 24.9 Å². The molecule has 4 rings (SSSR count). The van der Waals surface area contributed by atoms with Crippen LogP contribution < -0.4 is 14.8 Å². The van der Waals surface area contributed by atoms with Crippen LogP contribution >= 0.6 is 0 Å². The van der Waals surface area contributed by atoms with E-state index >= 15 is 0 Å². The standard InChI is InChI=1S/C25H31NO3/c1-4-28-19-10-6-17(7-11-19)23-21-14-16(3)15-22(25(21)27)24(26-23)18-8-12-20(13-9-18)29-5-2/h6-13,16,21-24,26H,4-5,14-15H2,1-3H3. The second-order valence-corrected chi connectivity index (χ2v) is 8.32. The van der Waals surface area contributed by atoms with Crippen molar-refractivity contribution in [2.45, 2.75) is 45.7 Å². The molecule has 1 aliphatic carbocycles. The molecule has 2 fully saturated rings. The quantitative estimate of drug-likeness (QED) is 0.742. The average Bonchev–Trinajstić information content (AvgIpc) is 2.72. The van der Waals surface area contributed by atoms with E-state index in [9.17, 15) is 4.79 Å². The van der Waals surface area contributed by atoms with Gasteiger partial charge in [-0.3, -0.25) is 4.79 Å². The fraction of sp³-hybridized carbons (Fsp3) is 0.480. The maximum atomic E-state index is 13.4.